The van der Waals surface area contributed by atoms with E-state index in [0.717, 1.165) is 47.4 Å². The van der Waals surface area contributed by atoms with Gasteiger partial charge in [0.25, 0.3) is 0 Å². The molecule has 1 fully saturated rings. The summed E-state index contributed by atoms with van der Waals surface area (Å²) >= 11 is 1.63. The van der Waals surface area contributed by atoms with Crippen LogP contribution in [0.25, 0.3) is 22.1 Å². The summed E-state index contributed by atoms with van der Waals surface area (Å²) in [5.41, 5.74) is 3.27. The van der Waals surface area contributed by atoms with E-state index in [1.165, 1.54) is 24.9 Å². The number of rotatable bonds is 4. The number of amides is 1. The van der Waals surface area contributed by atoms with E-state index in [2.05, 4.69) is 43.9 Å². The van der Waals surface area contributed by atoms with Crippen molar-refractivity contribution in [2.24, 2.45) is 0 Å². The molecule has 1 aromatic carbocycles. The van der Waals surface area contributed by atoms with Crippen LogP contribution in [0.4, 0.5) is 5.69 Å². The van der Waals surface area contributed by atoms with E-state index >= 15 is 0 Å². The van der Waals surface area contributed by atoms with Crippen LogP contribution in [-0.4, -0.2) is 50.7 Å². The van der Waals surface area contributed by atoms with Gasteiger partial charge in [-0.2, -0.15) is 0 Å². The molecule has 0 unspecified atom stereocenters. The first-order valence-electron chi connectivity index (χ1n) is 9.74. The molecular weight excluding hydrogens is 372 g/mol. The summed E-state index contributed by atoms with van der Waals surface area (Å²) in [6.45, 7) is 4.19. The molecule has 0 aliphatic carbocycles. The van der Waals surface area contributed by atoms with Gasteiger partial charge in [-0.3, -0.25) is 4.79 Å². The third kappa shape index (κ3) is 3.17. The number of anilines is 1. The first kappa shape index (κ1) is 17.4. The Hall–Kier alpha value is -2.74. The zero-order chi connectivity index (χ0) is 18.9. The maximum absolute atomic E-state index is 11.0. The summed E-state index contributed by atoms with van der Waals surface area (Å²) < 4.78 is 2.07. The Balaban J connectivity index is 1.37. The average molecular weight is 395 g/mol. The van der Waals surface area contributed by atoms with Crippen molar-refractivity contribution in [2.75, 3.05) is 24.5 Å². The number of fused-ring (bicyclic) bond motifs is 1. The summed E-state index contributed by atoms with van der Waals surface area (Å²) in [5, 5.41) is 11.6. The fraction of sp³-hybridized carbons (Fsp3) is 0.400. The fourth-order valence-corrected chi connectivity index (χ4v) is 4.74. The molecule has 0 N–H and O–H groups in total. The van der Waals surface area contributed by atoms with Crippen molar-refractivity contribution in [3.05, 3.63) is 35.5 Å². The topological polar surface area (TPSA) is 67.2 Å². The Morgan fingerprint density at radius 2 is 1.79 bits per heavy atom. The number of aromatic nitrogens is 4. The third-order valence-corrected chi connectivity index (χ3v) is 6.39. The molecule has 8 heteroatoms. The van der Waals surface area contributed by atoms with Crippen molar-refractivity contribution < 1.29 is 4.79 Å². The molecule has 1 saturated heterocycles. The van der Waals surface area contributed by atoms with E-state index in [-0.39, 0.29) is 0 Å². The van der Waals surface area contributed by atoms with Crippen LogP contribution in [0.1, 0.15) is 25.1 Å². The minimum atomic E-state index is 0.505. The smallest absolute Gasteiger partial charge is 0.210 e. The summed E-state index contributed by atoms with van der Waals surface area (Å²) in [6, 6.07) is 8.73. The van der Waals surface area contributed by atoms with Gasteiger partial charge < -0.3 is 14.4 Å². The van der Waals surface area contributed by atoms with Crippen LogP contribution in [0.3, 0.4) is 0 Å². The van der Waals surface area contributed by atoms with Crippen molar-refractivity contribution in [3.8, 4) is 22.1 Å². The predicted molar refractivity (Wildman–Crippen MR) is 109 cm³/mol. The number of carbonyl (C=O) groups is 1. The van der Waals surface area contributed by atoms with Gasteiger partial charge in [-0.1, -0.05) is 0 Å². The van der Waals surface area contributed by atoms with Crippen LogP contribution < -0.4 is 4.90 Å². The van der Waals surface area contributed by atoms with Gasteiger partial charge >= 0.3 is 0 Å². The Kier molecular flexibility index (Phi) is 4.56. The maximum atomic E-state index is 11.0. The van der Waals surface area contributed by atoms with Gasteiger partial charge in [0.2, 0.25) is 6.41 Å². The molecule has 28 heavy (non-hydrogen) atoms. The lowest BCUT2D eigenvalue weighted by Crippen LogP contribution is -2.32. The number of hydrogen-bond acceptors (Lipinski definition) is 6. The number of hydrogen-bond donors (Lipinski definition) is 0. The standard InChI is InChI=1S/C20H22N6OS/c27-14-24-10-11-26-18(12-24)22-23-19(26)17-13-28-20(21-17)15-4-6-16(7-5-15)25-8-2-1-3-9-25/h4-7,13-14H,1-3,8-12H2. The summed E-state index contributed by atoms with van der Waals surface area (Å²) in [7, 11) is 0. The second kappa shape index (κ2) is 7.35. The molecule has 7 nitrogen and oxygen atoms in total. The lowest BCUT2D eigenvalue weighted by Gasteiger charge is -2.28. The van der Waals surface area contributed by atoms with Gasteiger partial charge in [-0.15, -0.1) is 21.5 Å². The highest BCUT2D eigenvalue weighted by Crippen LogP contribution is 2.31. The molecule has 0 saturated carbocycles. The average Bonchev–Trinajstić information content (AvgIpc) is 3.41. The molecule has 0 atom stereocenters. The van der Waals surface area contributed by atoms with E-state index < -0.39 is 0 Å². The Morgan fingerprint density at radius 3 is 2.57 bits per heavy atom. The quantitative estimate of drug-likeness (QED) is 0.637. The van der Waals surface area contributed by atoms with Crippen molar-refractivity contribution >= 4 is 23.4 Å². The highest BCUT2D eigenvalue weighted by atomic mass is 32.1. The molecule has 2 aliphatic rings. The number of thiazole rings is 1. The second-order valence-electron chi connectivity index (χ2n) is 7.30. The van der Waals surface area contributed by atoms with Crippen LogP contribution in [0.15, 0.2) is 29.6 Å². The van der Waals surface area contributed by atoms with Crippen molar-refractivity contribution in [3.63, 3.8) is 0 Å². The molecule has 2 aromatic heterocycles. The van der Waals surface area contributed by atoms with Crippen LogP contribution in [0, 0.1) is 0 Å². The SMILES string of the molecule is O=CN1CCn2c(nnc2-c2csc(-c3ccc(N4CCCCC4)cc3)n2)C1. The fourth-order valence-electron chi connectivity index (χ4n) is 3.93. The molecule has 4 heterocycles. The summed E-state index contributed by atoms with van der Waals surface area (Å²) in [4.78, 5) is 20.0. The molecule has 0 spiro atoms. The lowest BCUT2D eigenvalue weighted by atomic mass is 10.1. The van der Waals surface area contributed by atoms with Crippen LogP contribution in [0.2, 0.25) is 0 Å². The first-order valence-corrected chi connectivity index (χ1v) is 10.6. The van der Waals surface area contributed by atoms with Gasteiger partial charge in [0.15, 0.2) is 11.6 Å². The van der Waals surface area contributed by atoms with Gasteiger partial charge in [0.05, 0.1) is 6.54 Å². The van der Waals surface area contributed by atoms with Crippen molar-refractivity contribution in [1.82, 2.24) is 24.6 Å². The first-order chi connectivity index (χ1) is 13.8. The second-order valence-corrected chi connectivity index (χ2v) is 8.16. The molecule has 0 bridgehead atoms. The molecule has 2 aliphatic heterocycles. The summed E-state index contributed by atoms with van der Waals surface area (Å²) in [6.07, 6.45) is 4.78. The van der Waals surface area contributed by atoms with Gasteiger partial charge in [-0.05, 0) is 43.5 Å². The van der Waals surface area contributed by atoms with Crippen LogP contribution in [-0.2, 0) is 17.9 Å². The number of carbonyl (C=O) groups excluding carboxylic acids is 1. The highest BCUT2D eigenvalue weighted by molar-refractivity contribution is 7.13. The maximum Gasteiger partial charge on any atom is 0.210 e. The molecule has 1 amide bonds. The molecular formula is C20H22N6OS. The molecule has 3 aromatic rings. The normalized spacial score (nSPS) is 16.9. The number of benzene rings is 1. The largest absolute Gasteiger partial charge is 0.372 e. The molecule has 144 valence electrons. The molecule has 0 radical (unpaired) electrons. The monoisotopic (exact) mass is 394 g/mol. The number of nitrogens with zero attached hydrogens (tertiary/aromatic N) is 6. The van der Waals surface area contributed by atoms with Crippen LogP contribution >= 0.6 is 11.3 Å². The summed E-state index contributed by atoms with van der Waals surface area (Å²) in [5.74, 6) is 1.60. The van der Waals surface area contributed by atoms with Gasteiger partial charge in [0.1, 0.15) is 10.7 Å². The van der Waals surface area contributed by atoms with Crippen LogP contribution in [0.5, 0.6) is 0 Å². The minimum absolute atomic E-state index is 0.505. The Bertz CT molecular complexity index is 973. The van der Waals surface area contributed by atoms with E-state index in [1.807, 2.05) is 5.38 Å². The Morgan fingerprint density at radius 1 is 0.964 bits per heavy atom. The number of piperidine rings is 1. The Labute approximate surface area is 167 Å². The highest BCUT2D eigenvalue weighted by Gasteiger charge is 2.22. The zero-order valence-electron chi connectivity index (χ0n) is 15.6. The minimum Gasteiger partial charge on any atom is -0.372 e. The van der Waals surface area contributed by atoms with E-state index in [9.17, 15) is 4.79 Å². The van der Waals surface area contributed by atoms with E-state index in [4.69, 9.17) is 4.98 Å². The van der Waals surface area contributed by atoms with Gasteiger partial charge in [-0.25, -0.2) is 4.98 Å². The molecule has 5 rings (SSSR count). The van der Waals surface area contributed by atoms with E-state index in [1.54, 1.807) is 16.2 Å². The zero-order valence-corrected chi connectivity index (χ0v) is 16.4. The predicted octanol–water partition coefficient (Wildman–Crippen LogP) is 3.03. The van der Waals surface area contributed by atoms with E-state index in [0.29, 0.717) is 19.6 Å². The van der Waals surface area contributed by atoms with Crippen molar-refractivity contribution in [1.29, 1.82) is 0 Å². The van der Waals surface area contributed by atoms with Gasteiger partial charge in [0, 0.05) is 42.8 Å². The lowest BCUT2D eigenvalue weighted by molar-refractivity contribution is -0.119. The van der Waals surface area contributed by atoms with Crippen molar-refractivity contribution in [2.45, 2.75) is 32.4 Å². The third-order valence-electron chi connectivity index (χ3n) is 5.50.